The van der Waals surface area contributed by atoms with Crippen LogP contribution in [0.2, 0.25) is 0 Å². The zero-order valence-electron chi connectivity index (χ0n) is 12.3. The van der Waals surface area contributed by atoms with Gasteiger partial charge in [0.15, 0.2) is 5.56 Å². The molecule has 0 spiro atoms. The van der Waals surface area contributed by atoms with E-state index in [1.165, 1.54) is 4.57 Å². The molecule has 1 saturated carbocycles. The van der Waals surface area contributed by atoms with Gasteiger partial charge < -0.3 is 15.5 Å². The Morgan fingerprint density at radius 2 is 1.95 bits per heavy atom. The highest BCUT2D eigenvalue weighted by molar-refractivity contribution is 5.97. The second kappa shape index (κ2) is 6.59. The van der Waals surface area contributed by atoms with E-state index in [1.807, 2.05) is 0 Å². The van der Waals surface area contributed by atoms with Crippen molar-refractivity contribution in [3.05, 3.63) is 21.7 Å². The van der Waals surface area contributed by atoms with Gasteiger partial charge in [-0.2, -0.15) is 4.98 Å². The predicted molar refractivity (Wildman–Crippen MR) is 77.0 cm³/mol. The van der Waals surface area contributed by atoms with E-state index in [-0.39, 0.29) is 6.04 Å². The largest absolute Gasteiger partial charge is 0.493 e. The molecule has 0 saturated heterocycles. The number of amides is 1. The SMILES string of the molecule is Cc1nc(O)c(C(=O)NCC(=O)O)c(=O)n1C1CCCCC1. The third kappa shape index (κ3) is 3.26. The lowest BCUT2D eigenvalue weighted by Crippen LogP contribution is -2.38. The van der Waals surface area contributed by atoms with Crippen molar-refractivity contribution < 1.29 is 19.8 Å². The molecule has 1 aromatic rings. The number of carbonyl (C=O) groups excluding carboxylic acids is 1. The molecule has 1 heterocycles. The van der Waals surface area contributed by atoms with Crippen molar-refractivity contribution in [1.82, 2.24) is 14.9 Å². The number of carbonyl (C=O) groups is 2. The fourth-order valence-electron chi connectivity index (χ4n) is 2.84. The molecule has 3 N–H and O–H groups in total. The van der Waals surface area contributed by atoms with Crippen LogP contribution in [0.5, 0.6) is 5.88 Å². The van der Waals surface area contributed by atoms with Crippen LogP contribution in [0.25, 0.3) is 0 Å². The molecule has 0 bridgehead atoms. The Kier molecular flexibility index (Phi) is 4.79. The first-order valence-corrected chi connectivity index (χ1v) is 7.24. The highest BCUT2D eigenvalue weighted by atomic mass is 16.4. The van der Waals surface area contributed by atoms with E-state index in [4.69, 9.17) is 5.11 Å². The normalized spacial score (nSPS) is 15.5. The van der Waals surface area contributed by atoms with Gasteiger partial charge in [0.2, 0.25) is 5.88 Å². The number of aliphatic carboxylic acids is 1. The Morgan fingerprint density at radius 3 is 2.55 bits per heavy atom. The summed E-state index contributed by atoms with van der Waals surface area (Å²) >= 11 is 0. The molecule has 120 valence electrons. The molecule has 22 heavy (non-hydrogen) atoms. The number of aryl methyl sites for hydroxylation is 1. The molecule has 0 unspecified atom stereocenters. The lowest BCUT2D eigenvalue weighted by atomic mass is 9.95. The minimum atomic E-state index is -1.24. The number of carboxylic acids is 1. The van der Waals surface area contributed by atoms with Gasteiger partial charge in [0.1, 0.15) is 12.4 Å². The van der Waals surface area contributed by atoms with Gasteiger partial charge in [-0.3, -0.25) is 19.0 Å². The zero-order valence-corrected chi connectivity index (χ0v) is 12.3. The van der Waals surface area contributed by atoms with Crippen molar-refractivity contribution in [3.63, 3.8) is 0 Å². The molecule has 8 heteroatoms. The predicted octanol–water partition coefficient (Wildman–Crippen LogP) is 0.577. The maximum Gasteiger partial charge on any atom is 0.322 e. The summed E-state index contributed by atoms with van der Waals surface area (Å²) in [6.07, 6.45) is 4.75. The summed E-state index contributed by atoms with van der Waals surface area (Å²) in [5, 5.41) is 20.5. The fraction of sp³-hybridized carbons (Fsp3) is 0.571. The van der Waals surface area contributed by atoms with Crippen LogP contribution in [0.3, 0.4) is 0 Å². The Labute approximate surface area is 126 Å². The van der Waals surface area contributed by atoms with E-state index in [1.54, 1.807) is 6.92 Å². The number of carboxylic acid groups (broad SMARTS) is 1. The Bertz CT molecular complexity index is 647. The third-order valence-electron chi connectivity index (χ3n) is 3.84. The van der Waals surface area contributed by atoms with Gasteiger partial charge in [-0.05, 0) is 19.8 Å². The lowest BCUT2D eigenvalue weighted by Gasteiger charge is -2.25. The number of nitrogens with one attached hydrogen (secondary N) is 1. The van der Waals surface area contributed by atoms with Gasteiger partial charge in [0, 0.05) is 6.04 Å². The van der Waals surface area contributed by atoms with Crippen LogP contribution >= 0.6 is 0 Å². The van der Waals surface area contributed by atoms with Crippen molar-refractivity contribution in [1.29, 1.82) is 0 Å². The van der Waals surface area contributed by atoms with E-state index >= 15 is 0 Å². The van der Waals surface area contributed by atoms with Crippen LogP contribution in [0, 0.1) is 6.92 Å². The van der Waals surface area contributed by atoms with Crippen molar-refractivity contribution in [2.45, 2.75) is 45.1 Å². The highest BCUT2D eigenvalue weighted by Crippen LogP contribution is 2.28. The Morgan fingerprint density at radius 1 is 1.32 bits per heavy atom. The van der Waals surface area contributed by atoms with E-state index in [0.717, 1.165) is 32.1 Å². The van der Waals surface area contributed by atoms with Crippen LogP contribution < -0.4 is 10.9 Å². The fourth-order valence-corrected chi connectivity index (χ4v) is 2.84. The molecule has 0 aliphatic heterocycles. The molecular formula is C14H19N3O5. The van der Waals surface area contributed by atoms with E-state index in [2.05, 4.69) is 10.3 Å². The van der Waals surface area contributed by atoms with Gasteiger partial charge in [0.25, 0.3) is 11.5 Å². The number of aromatic hydroxyl groups is 1. The second-order valence-electron chi connectivity index (χ2n) is 5.40. The van der Waals surface area contributed by atoms with Crippen LogP contribution in [-0.2, 0) is 4.79 Å². The first-order valence-electron chi connectivity index (χ1n) is 7.24. The van der Waals surface area contributed by atoms with Crippen LogP contribution in [0.1, 0.15) is 54.3 Å². The van der Waals surface area contributed by atoms with Gasteiger partial charge in [0.05, 0.1) is 0 Å². The quantitative estimate of drug-likeness (QED) is 0.748. The van der Waals surface area contributed by atoms with Crippen molar-refractivity contribution in [2.75, 3.05) is 6.54 Å². The van der Waals surface area contributed by atoms with Crippen molar-refractivity contribution in [2.24, 2.45) is 0 Å². The Hall–Kier alpha value is -2.38. The standard InChI is InChI=1S/C14H19N3O5/c1-8-16-13(21)11(12(20)15-7-10(18)19)14(22)17(8)9-5-3-2-4-6-9/h9,21H,2-7H2,1H3,(H,15,20)(H,18,19). The topological polar surface area (TPSA) is 122 Å². The van der Waals surface area contributed by atoms with Gasteiger partial charge >= 0.3 is 5.97 Å². The van der Waals surface area contributed by atoms with Gasteiger partial charge in [-0.15, -0.1) is 0 Å². The van der Waals surface area contributed by atoms with Crippen LogP contribution in [0.4, 0.5) is 0 Å². The van der Waals surface area contributed by atoms with Crippen molar-refractivity contribution >= 4 is 11.9 Å². The molecule has 0 radical (unpaired) electrons. The molecule has 1 aliphatic rings. The molecule has 8 nitrogen and oxygen atoms in total. The zero-order chi connectivity index (χ0) is 16.3. The van der Waals surface area contributed by atoms with Crippen LogP contribution in [0.15, 0.2) is 4.79 Å². The molecule has 1 aromatic heterocycles. The maximum absolute atomic E-state index is 12.6. The molecular weight excluding hydrogens is 290 g/mol. The minimum absolute atomic E-state index is 0.0413. The molecule has 1 aliphatic carbocycles. The summed E-state index contributed by atoms with van der Waals surface area (Å²) < 4.78 is 1.44. The Balaban J connectivity index is 2.40. The lowest BCUT2D eigenvalue weighted by molar-refractivity contribution is -0.135. The molecule has 1 fully saturated rings. The summed E-state index contributed by atoms with van der Waals surface area (Å²) in [5.41, 5.74) is -1.13. The third-order valence-corrected chi connectivity index (χ3v) is 3.84. The highest BCUT2D eigenvalue weighted by Gasteiger charge is 2.25. The van der Waals surface area contributed by atoms with Crippen LogP contribution in [-0.4, -0.2) is 38.2 Å². The summed E-state index contributed by atoms with van der Waals surface area (Å²) in [6, 6.07) is -0.0413. The first kappa shape index (κ1) is 16.0. The summed E-state index contributed by atoms with van der Waals surface area (Å²) in [7, 11) is 0. The minimum Gasteiger partial charge on any atom is -0.493 e. The number of aromatic nitrogens is 2. The van der Waals surface area contributed by atoms with Crippen molar-refractivity contribution in [3.8, 4) is 5.88 Å². The number of nitrogens with zero attached hydrogens (tertiary/aromatic N) is 2. The molecule has 0 aromatic carbocycles. The smallest absolute Gasteiger partial charge is 0.322 e. The van der Waals surface area contributed by atoms with Gasteiger partial charge in [-0.25, -0.2) is 0 Å². The average Bonchev–Trinajstić information content (AvgIpc) is 2.45. The van der Waals surface area contributed by atoms with E-state index < -0.39 is 35.4 Å². The number of hydrogen-bond donors (Lipinski definition) is 3. The monoisotopic (exact) mass is 309 g/mol. The molecule has 2 rings (SSSR count). The first-order chi connectivity index (χ1) is 10.4. The molecule has 0 atom stereocenters. The van der Waals surface area contributed by atoms with E-state index in [9.17, 15) is 19.5 Å². The van der Waals surface area contributed by atoms with E-state index in [0.29, 0.717) is 5.82 Å². The summed E-state index contributed by atoms with van der Waals surface area (Å²) in [5.74, 6) is -2.48. The maximum atomic E-state index is 12.6. The second-order valence-corrected chi connectivity index (χ2v) is 5.40. The average molecular weight is 309 g/mol. The van der Waals surface area contributed by atoms with Gasteiger partial charge in [-0.1, -0.05) is 19.3 Å². The molecule has 1 amide bonds. The summed E-state index contributed by atoms with van der Waals surface area (Å²) in [4.78, 5) is 38.9. The summed E-state index contributed by atoms with van der Waals surface area (Å²) in [6.45, 7) is 0.976. The number of rotatable bonds is 4. The number of hydrogen-bond acceptors (Lipinski definition) is 5.